The Balaban J connectivity index is 2.87. The van der Waals surface area contributed by atoms with E-state index in [9.17, 15) is 0 Å². The van der Waals surface area contributed by atoms with Crippen molar-refractivity contribution in [2.24, 2.45) is 16.7 Å². The Morgan fingerprint density at radius 2 is 1.83 bits per heavy atom. The summed E-state index contributed by atoms with van der Waals surface area (Å²) in [6, 6.07) is 0. The first-order chi connectivity index (χ1) is 5.40. The summed E-state index contributed by atoms with van der Waals surface area (Å²) >= 11 is 0. The molecule has 12 heavy (non-hydrogen) atoms. The highest BCUT2D eigenvalue weighted by atomic mass is 14.9. The second kappa shape index (κ2) is 3.02. The summed E-state index contributed by atoms with van der Waals surface area (Å²) in [5.41, 5.74) is 0.956. The molecule has 1 atom stereocenters. The topological polar surface area (TPSA) is 12.0 Å². The number of rotatable bonds is 1. The molecule has 0 bridgehead atoms. The van der Waals surface area contributed by atoms with Crippen molar-refractivity contribution in [2.75, 3.05) is 13.1 Å². The van der Waals surface area contributed by atoms with Gasteiger partial charge in [0.1, 0.15) is 0 Å². The average Bonchev–Trinajstić information content (AvgIpc) is 2.31. The Morgan fingerprint density at radius 3 is 2.00 bits per heavy atom. The van der Waals surface area contributed by atoms with E-state index < -0.39 is 0 Å². The quantitative estimate of drug-likeness (QED) is 0.636. The second-order valence-electron chi connectivity index (χ2n) is 5.49. The molecule has 1 heterocycles. The molecule has 1 unspecified atom stereocenters. The van der Waals surface area contributed by atoms with E-state index in [1.807, 2.05) is 0 Å². The van der Waals surface area contributed by atoms with Gasteiger partial charge in [-0.05, 0) is 29.7 Å². The summed E-state index contributed by atoms with van der Waals surface area (Å²) in [5, 5.41) is 3.50. The predicted molar refractivity (Wildman–Crippen MR) is 54.2 cm³/mol. The van der Waals surface area contributed by atoms with Crippen molar-refractivity contribution >= 4 is 0 Å². The maximum atomic E-state index is 3.50. The summed E-state index contributed by atoms with van der Waals surface area (Å²) in [5.74, 6) is 0.785. The van der Waals surface area contributed by atoms with Crippen LogP contribution in [-0.2, 0) is 0 Å². The zero-order valence-electron chi connectivity index (χ0n) is 9.20. The second-order valence-corrected chi connectivity index (χ2v) is 5.49. The van der Waals surface area contributed by atoms with Gasteiger partial charge in [-0.1, -0.05) is 34.6 Å². The molecule has 0 aromatic carbocycles. The molecular weight excluding hydrogens is 146 g/mol. The van der Waals surface area contributed by atoms with E-state index in [1.54, 1.807) is 0 Å². The third-order valence-electron chi connectivity index (χ3n) is 3.79. The molecule has 72 valence electrons. The van der Waals surface area contributed by atoms with Gasteiger partial charge in [-0.3, -0.25) is 0 Å². The van der Waals surface area contributed by atoms with Gasteiger partial charge in [0.05, 0.1) is 0 Å². The molecule has 1 nitrogen and oxygen atoms in total. The fourth-order valence-electron chi connectivity index (χ4n) is 2.71. The monoisotopic (exact) mass is 169 g/mol. The number of nitrogens with one attached hydrogen (secondary N) is 1. The van der Waals surface area contributed by atoms with Crippen molar-refractivity contribution in [3.8, 4) is 0 Å². The maximum absolute atomic E-state index is 3.50. The van der Waals surface area contributed by atoms with Gasteiger partial charge in [0.25, 0.3) is 0 Å². The molecule has 1 aliphatic rings. The Bertz CT molecular complexity index is 147. The van der Waals surface area contributed by atoms with Crippen molar-refractivity contribution in [1.29, 1.82) is 0 Å². The van der Waals surface area contributed by atoms with Crippen LogP contribution in [-0.4, -0.2) is 13.1 Å². The smallest absolute Gasteiger partial charge is 0.00158 e. The fourth-order valence-corrected chi connectivity index (χ4v) is 2.71. The molecule has 1 rings (SSSR count). The fraction of sp³-hybridized carbons (Fsp3) is 1.00. The first-order valence-electron chi connectivity index (χ1n) is 5.11. The van der Waals surface area contributed by atoms with Gasteiger partial charge in [0, 0.05) is 6.54 Å². The summed E-state index contributed by atoms with van der Waals surface area (Å²) < 4.78 is 0. The Kier molecular flexibility index (Phi) is 2.53. The minimum absolute atomic E-state index is 0.435. The lowest BCUT2D eigenvalue weighted by Crippen LogP contribution is -2.42. The van der Waals surface area contributed by atoms with E-state index in [0.29, 0.717) is 10.8 Å². The van der Waals surface area contributed by atoms with Crippen LogP contribution in [0.5, 0.6) is 0 Å². The van der Waals surface area contributed by atoms with E-state index in [4.69, 9.17) is 0 Å². The molecule has 0 saturated carbocycles. The SMILES string of the molecule is CC(C)C1(C(C)(C)C)CCNC1. The minimum atomic E-state index is 0.435. The molecular formula is C11H23N. The lowest BCUT2D eigenvalue weighted by Gasteiger charge is -2.45. The van der Waals surface area contributed by atoms with Crippen LogP contribution in [0.15, 0.2) is 0 Å². The van der Waals surface area contributed by atoms with Crippen molar-refractivity contribution in [1.82, 2.24) is 5.32 Å². The third-order valence-corrected chi connectivity index (χ3v) is 3.79. The largest absolute Gasteiger partial charge is 0.316 e. The normalized spacial score (nSPS) is 31.5. The molecule has 0 aliphatic carbocycles. The molecule has 1 N–H and O–H groups in total. The summed E-state index contributed by atoms with van der Waals surface area (Å²) in [4.78, 5) is 0. The molecule has 1 heteroatoms. The van der Waals surface area contributed by atoms with Gasteiger partial charge < -0.3 is 5.32 Å². The third kappa shape index (κ3) is 1.39. The van der Waals surface area contributed by atoms with Crippen LogP contribution < -0.4 is 5.32 Å². The molecule has 0 radical (unpaired) electrons. The molecule has 0 amide bonds. The van der Waals surface area contributed by atoms with Crippen molar-refractivity contribution in [3.05, 3.63) is 0 Å². The highest BCUT2D eigenvalue weighted by molar-refractivity contribution is 4.98. The van der Waals surface area contributed by atoms with E-state index in [-0.39, 0.29) is 0 Å². The van der Waals surface area contributed by atoms with Gasteiger partial charge in [-0.25, -0.2) is 0 Å². The average molecular weight is 169 g/mol. The van der Waals surface area contributed by atoms with Crippen molar-refractivity contribution in [3.63, 3.8) is 0 Å². The van der Waals surface area contributed by atoms with Crippen LogP contribution in [0, 0.1) is 16.7 Å². The Hall–Kier alpha value is -0.0400. The van der Waals surface area contributed by atoms with Crippen molar-refractivity contribution in [2.45, 2.75) is 41.0 Å². The van der Waals surface area contributed by atoms with Crippen molar-refractivity contribution < 1.29 is 0 Å². The standard InChI is InChI=1S/C11H23N/c1-9(2)11(10(3,4)5)6-7-12-8-11/h9,12H,6-8H2,1-5H3. The minimum Gasteiger partial charge on any atom is -0.316 e. The van der Waals surface area contributed by atoms with Gasteiger partial charge >= 0.3 is 0 Å². The zero-order valence-corrected chi connectivity index (χ0v) is 9.20. The molecule has 0 aromatic heterocycles. The molecule has 1 saturated heterocycles. The van der Waals surface area contributed by atoms with Crippen LogP contribution in [0.25, 0.3) is 0 Å². The number of hydrogen-bond acceptors (Lipinski definition) is 1. The molecule has 0 aromatic rings. The summed E-state index contributed by atoms with van der Waals surface area (Å²) in [6.45, 7) is 14.3. The molecule has 1 fully saturated rings. The molecule has 0 spiro atoms. The van der Waals surface area contributed by atoms with Crippen LogP contribution in [0.4, 0.5) is 0 Å². The highest BCUT2D eigenvalue weighted by Gasteiger charge is 2.45. The van der Waals surface area contributed by atoms with Gasteiger partial charge in [-0.2, -0.15) is 0 Å². The van der Waals surface area contributed by atoms with Gasteiger partial charge in [-0.15, -0.1) is 0 Å². The lowest BCUT2D eigenvalue weighted by molar-refractivity contribution is 0.0531. The first-order valence-corrected chi connectivity index (χ1v) is 5.11. The predicted octanol–water partition coefficient (Wildman–Crippen LogP) is 2.67. The maximum Gasteiger partial charge on any atom is 0.00158 e. The van der Waals surface area contributed by atoms with E-state index in [1.165, 1.54) is 19.5 Å². The Labute approximate surface area is 76.9 Å². The van der Waals surface area contributed by atoms with Crippen LogP contribution >= 0.6 is 0 Å². The summed E-state index contributed by atoms with van der Waals surface area (Å²) in [6.07, 6.45) is 1.34. The van der Waals surface area contributed by atoms with E-state index >= 15 is 0 Å². The lowest BCUT2D eigenvalue weighted by atomic mass is 9.60. The van der Waals surface area contributed by atoms with Crippen LogP contribution in [0.3, 0.4) is 0 Å². The van der Waals surface area contributed by atoms with E-state index in [0.717, 1.165) is 5.92 Å². The van der Waals surface area contributed by atoms with Crippen LogP contribution in [0.2, 0.25) is 0 Å². The van der Waals surface area contributed by atoms with E-state index in [2.05, 4.69) is 39.9 Å². The Morgan fingerprint density at radius 1 is 1.25 bits per heavy atom. The first kappa shape index (κ1) is 10.0. The molecule has 1 aliphatic heterocycles. The van der Waals surface area contributed by atoms with Crippen LogP contribution in [0.1, 0.15) is 41.0 Å². The number of hydrogen-bond donors (Lipinski definition) is 1. The van der Waals surface area contributed by atoms with Gasteiger partial charge in [0.15, 0.2) is 0 Å². The van der Waals surface area contributed by atoms with Gasteiger partial charge in [0.2, 0.25) is 0 Å². The summed E-state index contributed by atoms with van der Waals surface area (Å²) in [7, 11) is 0. The highest BCUT2D eigenvalue weighted by Crippen LogP contribution is 2.48. The zero-order chi connectivity index (χ0) is 9.41.